The van der Waals surface area contributed by atoms with Crippen molar-refractivity contribution in [1.82, 2.24) is 19.1 Å². The van der Waals surface area contributed by atoms with Gasteiger partial charge in [-0.05, 0) is 20.8 Å². The number of anilines is 1. The SMILES string of the molecule is CCn1c(N)nc2c1c(=O)[nH]c(=O)n2C(C)C. The van der Waals surface area contributed by atoms with Crippen molar-refractivity contribution in [2.75, 3.05) is 5.73 Å². The monoisotopic (exact) mass is 237 g/mol. The number of nitrogen functional groups attached to an aromatic ring is 1. The molecule has 7 nitrogen and oxygen atoms in total. The highest BCUT2D eigenvalue weighted by atomic mass is 16.2. The predicted molar refractivity (Wildman–Crippen MR) is 65.1 cm³/mol. The third-order valence-corrected chi connectivity index (χ3v) is 2.69. The molecule has 17 heavy (non-hydrogen) atoms. The van der Waals surface area contributed by atoms with Gasteiger partial charge in [0, 0.05) is 12.6 Å². The van der Waals surface area contributed by atoms with Gasteiger partial charge in [0.05, 0.1) is 0 Å². The minimum Gasteiger partial charge on any atom is -0.369 e. The number of hydrogen-bond acceptors (Lipinski definition) is 4. The van der Waals surface area contributed by atoms with Crippen molar-refractivity contribution < 1.29 is 0 Å². The van der Waals surface area contributed by atoms with E-state index in [0.717, 1.165) is 0 Å². The molecule has 0 amide bonds. The molecule has 0 saturated carbocycles. The maximum atomic E-state index is 11.8. The number of nitrogens with one attached hydrogen (secondary N) is 1. The van der Waals surface area contributed by atoms with Crippen molar-refractivity contribution in [3.8, 4) is 0 Å². The van der Waals surface area contributed by atoms with Crippen LogP contribution in [-0.2, 0) is 6.54 Å². The van der Waals surface area contributed by atoms with Crippen molar-refractivity contribution >= 4 is 17.1 Å². The van der Waals surface area contributed by atoms with Gasteiger partial charge in [0.1, 0.15) is 0 Å². The molecule has 0 atom stereocenters. The maximum Gasteiger partial charge on any atom is 0.330 e. The Morgan fingerprint density at radius 3 is 2.59 bits per heavy atom. The summed E-state index contributed by atoms with van der Waals surface area (Å²) in [5.41, 5.74) is 5.51. The van der Waals surface area contributed by atoms with Crippen LogP contribution >= 0.6 is 0 Å². The summed E-state index contributed by atoms with van der Waals surface area (Å²) in [6, 6.07) is -0.0959. The number of hydrogen-bond donors (Lipinski definition) is 2. The summed E-state index contributed by atoms with van der Waals surface area (Å²) in [4.78, 5) is 29.9. The van der Waals surface area contributed by atoms with Gasteiger partial charge in [-0.2, -0.15) is 4.98 Å². The van der Waals surface area contributed by atoms with E-state index in [1.807, 2.05) is 20.8 Å². The second-order valence-corrected chi connectivity index (χ2v) is 4.11. The lowest BCUT2D eigenvalue weighted by Gasteiger charge is -2.09. The fourth-order valence-electron chi connectivity index (χ4n) is 1.96. The van der Waals surface area contributed by atoms with Gasteiger partial charge in [-0.25, -0.2) is 4.79 Å². The van der Waals surface area contributed by atoms with Crippen LogP contribution in [0.5, 0.6) is 0 Å². The first-order valence-electron chi connectivity index (χ1n) is 5.47. The van der Waals surface area contributed by atoms with Gasteiger partial charge in [0.2, 0.25) is 5.95 Å². The molecule has 0 aliphatic heterocycles. The number of rotatable bonds is 2. The minimum atomic E-state index is -0.460. The zero-order chi connectivity index (χ0) is 12.7. The first-order valence-corrected chi connectivity index (χ1v) is 5.47. The van der Waals surface area contributed by atoms with Crippen molar-refractivity contribution in [3.05, 3.63) is 20.8 Å². The van der Waals surface area contributed by atoms with E-state index in [1.54, 1.807) is 4.57 Å². The summed E-state index contributed by atoms with van der Waals surface area (Å²) in [6.45, 7) is 6.09. The Morgan fingerprint density at radius 1 is 1.41 bits per heavy atom. The summed E-state index contributed by atoms with van der Waals surface area (Å²) in [5.74, 6) is 0.244. The van der Waals surface area contributed by atoms with Crippen LogP contribution in [0.1, 0.15) is 26.8 Å². The van der Waals surface area contributed by atoms with Gasteiger partial charge >= 0.3 is 5.69 Å². The number of imidazole rings is 1. The van der Waals surface area contributed by atoms with Crippen molar-refractivity contribution in [1.29, 1.82) is 0 Å². The fourth-order valence-corrected chi connectivity index (χ4v) is 1.96. The second-order valence-electron chi connectivity index (χ2n) is 4.11. The fraction of sp³-hybridized carbons (Fsp3) is 0.500. The molecule has 0 fully saturated rings. The Kier molecular flexibility index (Phi) is 2.53. The minimum absolute atomic E-state index is 0.0959. The molecule has 3 N–H and O–H groups in total. The first kappa shape index (κ1) is 11.4. The number of aromatic amines is 1. The van der Waals surface area contributed by atoms with Gasteiger partial charge in [0.15, 0.2) is 11.2 Å². The topological polar surface area (TPSA) is 98.7 Å². The van der Waals surface area contributed by atoms with Gasteiger partial charge < -0.3 is 10.3 Å². The molecular weight excluding hydrogens is 222 g/mol. The Hall–Kier alpha value is -2.05. The number of nitrogens with two attached hydrogens (primary N) is 1. The molecule has 0 saturated heterocycles. The van der Waals surface area contributed by atoms with Crippen LogP contribution < -0.4 is 17.0 Å². The molecule has 0 aliphatic carbocycles. The highest BCUT2D eigenvalue weighted by Gasteiger charge is 2.17. The van der Waals surface area contributed by atoms with Crippen LogP contribution in [0.3, 0.4) is 0 Å². The lowest BCUT2D eigenvalue weighted by atomic mass is 10.3. The van der Waals surface area contributed by atoms with E-state index in [9.17, 15) is 9.59 Å². The van der Waals surface area contributed by atoms with Gasteiger partial charge in [0.25, 0.3) is 5.56 Å². The number of H-pyrrole nitrogens is 1. The van der Waals surface area contributed by atoms with Crippen LogP contribution in [-0.4, -0.2) is 19.1 Å². The molecule has 0 unspecified atom stereocenters. The van der Waals surface area contributed by atoms with Crippen molar-refractivity contribution in [2.24, 2.45) is 0 Å². The van der Waals surface area contributed by atoms with Crippen LogP contribution in [0.2, 0.25) is 0 Å². The molecular formula is C10H15N5O2. The molecule has 0 spiro atoms. The van der Waals surface area contributed by atoms with E-state index < -0.39 is 11.2 Å². The molecule has 2 aromatic rings. The van der Waals surface area contributed by atoms with Gasteiger partial charge in [-0.15, -0.1) is 0 Å². The quantitative estimate of drug-likeness (QED) is 0.772. The summed E-state index contributed by atoms with van der Waals surface area (Å²) >= 11 is 0. The van der Waals surface area contributed by atoms with Gasteiger partial charge in [-0.1, -0.05) is 0 Å². The smallest absolute Gasteiger partial charge is 0.330 e. The first-order chi connectivity index (χ1) is 7.97. The van der Waals surface area contributed by atoms with Crippen LogP contribution in [0.4, 0.5) is 5.95 Å². The van der Waals surface area contributed by atoms with Crippen LogP contribution in [0.25, 0.3) is 11.2 Å². The maximum absolute atomic E-state index is 11.8. The van der Waals surface area contributed by atoms with Crippen molar-refractivity contribution in [2.45, 2.75) is 33.4 Å². The lowest BCUT2D eigenvalue weighted by molar-refractivity contribution is 0.580. The third kappa shape index (κ3) is 1.54. The van der Waals surface area contributed by atoms with Crippen LogP contribution in [0.15, 0.2) is 9.59 Å². The molecule has 2 rings (SSSR count). The van der Waals surface area contributed by atoms with Crippen LogP contribution in [0, 0.1) is 0 Å². The van der Waals surface area contributed by atoms with E-state index in [4.69, 9.17) is 5.73 Å². The Balaban J connectivity index is 3.04. The molecule has 0 radical (unpaired) electrons. The highest BCUT2D eigenvalue weighted by Crippen LogP contribution is 2.15. The normalized spacial score (nSPS) is 11.5. The molecule has 0 aliphatic rings. The summed E-state index contributed by atoms with van der Waals surface area (Å²) in [7, 11) is 0. The zero-order valence-corrected chi connectivity index (χ0v) is 10.0. The van der Waals surface area contributed by atoms with Gasteiger partial charge in [-0.3, -0.25) is 14.3 Å². The Labute approximate surface area is 96.9 Å². The Morgan fingerprint density at radius 2 is 2.06 bits per heavy atom. The Bertz CT molecular complexity index is 676. The number of nitrogens with zero attached hydrogens (tertiary/aromatic N) is 3. The average molecular weight is 237 g/mol. The van der Waals surface area contributed by atoms with E-state index in [0.29, 0.717) is 17.7 Å². The molecule has 2 heterocycles. The van der Waals surface area contributed by atoms with E-state index in [1.165, 1.54) is 4.57 Å². The predicted octanol–water partition coefficient (Wildman–Crippen LogP) is 0.0693. The summed E-state index contributed by atoms with van der Waals surface area (Å²) < 4.78 is 3.02. The number of aryl methyl sites for hydroxylation is 1. The van der Waals surface area contributed by atoms with E-state index in [2.05, 4.69) is 9.97 Å². The molecule has 0 bridgehead atoms. The van der Waals surface area contributed by atoms with E-state index >= 15 is 0 Å². The molecule has 2 aromatic heterocycles. The van der Waals surface area contributed by atoms with Crippen molar-refractivity contribution in [3.63, 3.8) is 0 Å². The highest BCUT2D eigenvalue weighted by molar-refractivity contribution is 5.73. The zero-order valence-electron chi connectivity index (χ0n) is 10.0. The average Bonchev–Trinajstić information content (AvgIpc) is 2.53. The van der Waals surface area contributed by atoms with E-state index in [-0.39, 0.29) is 12.0 Å². The second kappa shape index (κ2) is 3.76. The summed E-state index contributed by atoms with van der Waals surface area (Å²) in [5, 5.41) is 0. The lowest BCUT2D eigenvalue weighted by Crippen LogP contribution is -2.32. The molecule has 0 aromatic carbocycles. The standard InChI is InChI=1S/C10H15N5O2/c1-4-14-6-7(12-9(14)11)15(5(2)3)10(17)13-8(6)16/h5H,4H2,1-3H3,(H2,11,12)(H,13,16,17). The largest absolute Gasteiger partial charge is 0.369 e. The molecule has 7 heteroatoms. The number of fused-ring (bicyclic) bond motifs is 1. The third-order valence-electron chi connectivity index (χ3n) is 2.69. The number of aromatic nitrogens is 4. The molecule has 92 valence electrons. The summed E-state index contributed by atoms with van der Waals surface area (Å²) in [6.07, 6.45) is 0.